The number of carbonyl (C=O) groups excluding carboxylic acids is 1. The zero-order valence-corrected chi connectivity index (χ0v) is 16.6. The Hall–Kier alpha value is -3.40. The summed E-state index contributed by atoms with van der Waals surface area (Å²) < 4.78 is 46.3. The van der Waals surface area contributed by atoms with Crippen molar-refractivity contribution in [3.05, 3.63) is 59.4 Å². The summed E-state index contributed by atoms with van der Waals surface area (Å²) in [6.45, 7) is 1.70. The van der Waals surface area contributed by atoms with Gasteiger partial charge in [-0.15, -0.1) is 0 Å². The summed E-state index contributed by atoms with van der Waals surface area (Å²) in [7, 11) is 1.51. The SMILES string of the molecule is COc1ccc(-c2cccc(C(C)c3[nH]nc4c3C(O)(C(F)(F)F)CC(=O)N4)c2)cn1. The number of alkyl halides is 3. The van der Waals surface area contributed by atoms with Gasteiger partial charge in [-0.25, -0.2) is 4.98 Å². The summed E-state index contributed by atoms with van der Waals surface area (Å²) in [6.07, 6.45) is -4.53. The summed E-state index contributed by atoms with van der Waals surface area (Å²) in [5.41, 5.74) is -1.38. The van der Waals surface area contributed by atoms with Gasteiger partial charge in [0.1, 0.15) is 0 Å². The van der Waals surface area contributed by atoms with Crippen LogP contribution in [-0.2, 0) is 10.4 Å². The summed E-state index contributed by atoms with van der Waals surface area (Å²) in [4.78, 5) is 15.9. The number of anilines is 1. The van der Waals surface area contributed by atoms with Crippen LogP contribution in [-0.4, -0.2) is 39.5 Å². The van der Waals surface area contributed by atoms with Crippen LogP contribution in [0.3, 0.4) is 0 Å². The van der Waals surface area contributed by atoms with Gasteiger partial charge in [0.15, 0.2) is 11.4 Å². The lowest BCUT2D eigenvalue weighted by molar-refractivity contribution is -0.267. The Morgan fingerprint density at radius 3 is 2.65 bits per heavy atom. The van der Waals surface area contributed by atoms with Crippen molar-refractivity contribution < 1.29 is 27.8 Å². The van der Waals surface area contributed by atoms with Gasteiger partial charge in [-0.05, 0) is 17.2 Å². The largest absolute Gasteiger partial charge is 0.481 e. The fourth-order valence-electron chi connectivity index (χ4n) is 3.74. The van der Waals surface area contributed by atoms with E-state index in [1.54, 1.807) is 31.3 Å². The first-order chi connectivity index (χ1) is 14.6. The number of carbonyl (C=O) groups is 1. The highest BCUT2D eigenvalue weighted by Crippen LogP contribution is 2.49. The van der Waals surface area contributed by atoms with E-state index in [1.807, 2.05) is 18.2 Å². The van der Waals surface area contributed by atoms with Gasteiger partial charge in [0.2, 0.25) is 11.8 Å². The zero-order chi connectivity index (χ0) is 22.4. The lowest BCUT2D eigenvalue weighted by Gasteiger charge is -2.34. The molecular formula is C21H19F3N4O3. The molecule has 0 radical (unpaired) electrons. The minimum atomic E-state index is -5.05. The standard InChI is InChI=1S/C21H19F3N4O3/c1-11(12-4-3-5-13(8-12)14-6-7-16(31-2)25-10-14)18-17-19(28-27-18)26-15(29)9-20(17,30)21(22,23)24/h3-8,10-11,30H,9H2,1-2H3,(H2,26,27,28,29). The molecule has 1 aliphatic heterocycles. The molecule has 4 rings (SSSR count). The highest BCUT2D eigenvalue weighted by atomic mass is 19.4. The van der Waals surface area contributed by atoms with Gasteiger partial charge in [-0.3, -0.25) is 9.89 Å². The number of aliphatic hydroxyl groups is 1. The second kappa shape index (κ2) is 7.38. The number of nitrogens with zero attached hydrogens (tertiary/aromatic N) is 2. The number of fused-ring (bicyclic) bond motifs is 1. The Kier molecular flexibility index (Phi) is 4.97. The Morgan fingerprint density at radius 2 is 2.00 bits per heavy atom. The third-order valence-electron chi connectivity index (χ3n) is 5.45. The van der Waals surface area contributed by atoms with Gasteiger partial charge < -0.3 is 15.2 Å². The smallest absolute Gasteiger partial charge is 0.422 e. The van der Waals surface area contributed by atoms with Crippen molar-refractivity contribution >= 4 is 11.7 Å². The van der Waals surface area contributed by atoms with Crippen LogP contribution in [0.5, 0.6) is 5.88 Å². The minimum absolute atomic E-state index is 0.0832. The van der Waals surface area contributed by atoms with Crippen LogP contribution in [0.4, 0.5) is 19.0 Å². The van der Waals surface area contributed by atoms with Crippen LogP contribution in [0, 0.1) is 0 Å². The molecule has 1 amide bonds. The van der Waals surface area contributed by atoms with Gasteiger partial charge >= 0.3 is 6.18 Å². The molecule has 0 fully saturated rings. The van der Waals surface area contributed by atoms with E-state index in [4.69, 9.17) is 4.74 Å². The fraction of sp³-hybridized carbons (Fsp3) is 0.286. The molecule has 0 saturated heterocycles. The molecular weight excluding hydrogens is 413 g/mol. The predicted molar refractivity (Wildman–Crippen MR) is 106 cm³/mol. The van der Waals surface area contributed by atoms with Gasteiger partial charge in [0.05, 0.1) is 24.8 Å². The number of hydrogen-bond acceptors (Lipinski definition) is 5. The van der Waals surface area contributed by atoms with Crippen LogP contribution >= 0.6 is 0 Å². The average molecular weight is 432 g/mol. The van der Waals surface area contributed by atoms with E-state index in [2.05, 4.69) is 20.5 Å². The number of nitrogens with one attached hydrogen (secondary N) is 2. The summed E-state index contributed by atoms with van der Waals surface area (Å²) in [5.74, 6) is -1.38. The molecule has 2 atom stereocenters. The van der Waals surface area contributed by atoms with Crippen molar-refractivity contribution in [1.82, 2.24) is 15.2 Å². The average Bonchev–Trinajstić information content (AvgIpc) is 3.17. The second-order valence-electron chi connectivity index (χ2n) is 7.38. The van der Waals surface area contributed by atoms with E-state index in [1.165, 1.54) is 7.11 Å². The van der Waals surface area contributed by atoms with Crippen LogP contribution in [0.1, 0.15) is 36.1 Å². The molecule has 2 aromatic heterocycles. The van der Waals surface area contributed by atoms with Crippen molar-refractivity contribution in [1.29, 1.82) is 0 Å². The summed E-state index contributed by atoms with van der Waals surface area (Å²) in [5, 5.41) is 19.2. The molecule has 10 heteroatoms. The van der Waals surface area contributed by atoms with Crippen molar-refractivity contribution in [2.75, 3.05) is 12.4 Å². The highest BCUT2D eigenvalue weighted by molar-refractivity contribution is 5.94. The number of halogens is 3. The van der Waals surface area contributed by atoms with Gasteiger partial charge in [0.25, 0.3) is 0 Å². The number of hydrogen-bond donors (Lipinski definition) is 3. The number of rotatable bonds is 4. The number of aromatic nitrogens is 3. The maximum Gasteiger partial charge on any atom is 0.422 e. The molecule has 3 heterocycles. The van der Waals surface area contributed by atoms with Gasteiger partial charge in [-0.2, -0.15) is 18.3 Å². The van der Waals surface area contributed by atoms with E-state index >= 15 is 0 Å². The fourth-order valence-corrected chi connectivity index (χ4v) is 3.74. The van der Waals surface area contributed by atoms with Crippen LogP contribution < -0.4 is 10.1 Å². The molecule has 162 valence electrons. The molecule has 0 spiro atoms. The Bertz CT molecular complexity index is 1130. The maximum absolute atomic E-state index is 13.8. The van der Waals surface area contributed by atoms with Crippen molar-refractivity contribution in [2.45, 2.75) is 31.0 Å². The molecule has 1 aliphatic rings. The van der Waals surface area contributed by atoms with E-state index in [-0.39, 0.29) is 11.5 Å². The molecule has 1 aromatic carbocycles. The topological polar surface area (TPSA) is 100 Å². The number of H-pyrrole nitrogens is 1. The quantitative estimate of drug-likeness (QED) is 0.584. The molecule has 0 saturated carbocycles. The van der Waals surface area contributed by atoms with E-state index < -0.39 is 35.6 Å². The molecule has 2 unspecified atom stereocenters. The number of pyridine rings is 1. The normalized spacial score (nSPS) is 19.5. The molecule has 7 nitrogen and oxygen atoms in total. The van der Waals surface area contributed by atoms with Gasteiger partial charge in [0, 0.05) is 23.7 Å². The zero-order valence-electron chi connectivity index (χ0n) is 16.6. The van der Waals surface area contributed by atoms with Gasteiger partial charge in [-0.1, -0.05) is 31.2 Å². The molecule has 31 heavy (non-hydrogen) atoms. The first kappa shape index (κ1) is 20.9. The first-order valence-corrected chi connectivity index (χ1v) is 9.42. The minimum Gasteiger partial charge on any atom is -0.481 e. The summed E-state index contributed by atoms with van der Waals surface area (Å²) in [6, 6.07) is 10.8. The first-order valence-electron chi connectivity index (χ1n) is 9.42. The Balaban J connectivity index is 1.75. The lowest BCUT2D eigenvalue weighted by Crippen LogP contribution is -2.48. The van der Waals surface area contributed by atoms with Crippen LogP contribution in [0.25, 0.3) is 11.1 Å². The third-order valence-corrected chi connectivity index (χ3v) is 5.45. The molecule has 3 N–H and O–H groups in total. The summed E-state index contributed by atoms with van der Waals surface area (Å²) >= 11 is 0. The lowest BCUT2D eigenvalue weighted by atomic mass is 9.82. The molecule has 0 aliphatic carbocycles. The van der Waals surface area contributed by atoms with Crippen molar-refractivity contribution in [3.63, 3.8) is 0 Å². The van der Waals surface area contributed by atoms with Crippen molar-refractivity contribution in [3.8, 4) is 17.0 Å². The van der Waals surface area contributed by atoms with Crippen LogP contribution in [0.15, 0.2) is 42.6 Å². The Labute approximate surface area is 175 Å². The van der Waals surface area contributed by atoms with Crippen LogP contribution in [0.2, 0.25) is 0 Å². The molecule has 0 bridgehead atoms. The number of ether oxygens (including phenoxy) is 1. The van der Waals surface area contributed by atoms with E-state index in [0.29, 0.717) is 11.4 Å². The number of amides is 1. The van der Waals surface area contributed by atoms with E-state index in [0.717, 1.165) is 11.1 Å². The number of aromatic amines is 1. The monoisotopic (exact) mass is 432 g/mol. The van der Waals surface area contributed by atoms with Crippen molar-refractivity contribution in [2.24, 2.45) is 0 Å². The number of benzene rings is 1. The van der Waals surface area contributed by atoms with E-state index in [9.17, 15) is 23.1 Å². The molecule has 3 aromatic rings. The number of methoxy groups -OCH3 is 1. The maximum atomic E-state index is 13.8. The predicted octanol–water partition coefficient (Wildman–Crippen LogP) is 3.72. The highest BCUT2D eigenvalue weighted by Gasteiger charge is 2.60. The second-order valence-corrected chi connectivity index (χ2v) is 7.38. The Morgan fingerprint density at radius 1 is 1.23 bits per heavy atom. The third kappa shape index (κ3) is 3.52.